The zero-order valence-electron chi connectivity index (χ0n) is 6.67. The van der Waals surface area contributed by atoms with E-state index in [0.29, 0.717) is 0 Å². The molecule has 1 nitrogen and oxygen atoms in total. The Morgan fingerprint density at radius 2 is 2.33 bits per heavy atom. The van der Waals surface area contributed by atoms with E-state index >= 15 is 0 Å². The molecule has 1 heteroatoms. The van der Waals surface area contributed by atoms with E-state index in [1.807, 2.05) is 30.4 Å². The van der Waals surface area contributed by atoms with E-state index in [1.165, 1.54) is 0 Å². The molecule has 0 bridgehead atoms. The maximum Gasteiger partial charge on any atom is 0.0501 e. The van der Waals surface area contributed by atoms with Gasteiger partial charge < -0.3 is 5.32 Å². The van der Waals surface area contributed by atoms with Crippen molar-refractivity contribution in [1.82, 2.24) is 5.32 Å². The number of dihydropyridines is 1. The van der Waals surface area contributed by atoms with Crippen LogP contribution in [-0.4, -0.2) is 6.54 Å². The molecule has 0 saturated carbocycles. The van der Waals surface area contributed by atoms with Gasteiger partial charge in [0.2, 0.25) is 0 Å². The van der Waals surface area contributed by atoms with Crippen LogP contribution >= 0.6 is 0 Å². The molecular weight excluding hydrogens is 146 g/mol. The van der Waals surface area contributed by atoms with Gasteiger partial charge >= 0.3 is 0 Å². The highest BCUT2D eigenvalue weighted by Crippen LogP contribution is 2.10. The lowest BCUT2D eigenvalue weighted by Crippen LogP contribution is -2.16. The van der Waals surface area contributed by atoms with Crippen molar-refractivity contribution in [2.24, 2.45) is 0 Å². The number of hydrogen-bond acceptors (Lipinski definition) is 1. The fourth-order valence-corrected chi connectivity index (χ4v) is 1.16. The first kappa shape index (κ1) is 7.00. The molecule has 1 heterocycles. The van der Waals surface area contributed by atoms with E-state index in [9.17, 15) is 0 Å². The zero-order valence-corrected chi connectivity index (χ0v) is 6.67. The largest absolute Gasteiger partial charge is 0.381 e. The monoisotopic (exact) mass is 155 g/mol. The van der Waals surface area contributed by atoms with Crippen molar-refractivity contribution in [3.8, 4) is 0 Å². The van der Waals surface area contributed by atoms with Crippen LogP contribution in [0, 0.1) is 0 Å². The first-order valence-corrected chi connectivity index (χ1v) is 3.96. The molecule has 0 aromatic heterocycles. The third-order valence-corrected chi connectivity index (χ3v) is 1.75. The highest BCUT2D eigenvalue weighted by atomic mass is 14.9. The molecule has 0 amide bonds. The number of rotatable bonds is 1. The van der Waals surface area contributed by atoms with E-state index in [1.54, 1.807) is 0 Å². The lowest BCUT2D eigenvalue weighted by atomic mass is 10.1. The van der Waals surface area contributed by atoms with Gasteiger partial charge in [0.15, 0.2) is 0 Å². The normalized spacial score (nSPS) is 18.7. The van der Waals surface area contributed by atoms with Crippen molar-refractivity contribution >= 4 is 0 Å². The Morgan fingerprint density at radius 3 is 3.00 bits per heavy atom. The molecule has 0 atom stereocenters. The molecule has 0 unspecified atom stereocenters. The van der Waals surface area contributed by atoms with E-state index in [2.05, 4.69) is 22.9 Å². The Hall–Kier alpha value is -1.68. The fraction of sp³-hybridized carbons (Fsp3) is 0.0909. The van der Waals surface area contributed by atoms with Crippen LogP contribution in [0.25, 0.3) is 0 Å². The maximum absolute atomic E-state index is 3.26. The standard InChI is InChI=1S/C11H9N/c1-2-6-10(7-3-1)11-8-4-5-9-12-11/h1-2,4-6,8,12H,9H2. The van der Waals surface area contributed by atoms with Crippen LogP contribution in [0.3, 0.4) is 0 Å². The van der Waals surface area contributed by atoms with Crippen LogP contribution in [0.5, 0.6) is 0 Å². The summed E-state index contributed by atoms with van der Waals surface area (Å²) in [5.74, 6) is 0. The molecule has 0 aromatic rings. The van der Waals surface area contributed by atoms with Gasteiger partial charge in [-0.2, -0.15) is 0 Å². The molecule has 2 aliphatic rings. The van der Waals surface area contributed by atoms with Gasteiger partial charge in [-0.25, -0.2) is 0 Å². The van der Waals surface area contributed by atoms with Gasteiger partial charge in [-0.15, -0.1) is 0 Å². The Balaban J connectivity index is 2.36. The van der Waals surface area contributed by atoms with Crippen molar-refractivity contribution in [2.45, 2.75) is 0 Å². The smallest absolute Gasteiger partial charge is 0.0501 e. The molecule has 0 radical (unpaired) electrons. The minimum absolute atomic E-state index is 0.897. The first-order valence-electron chi connectivity index (χ1n) is 3.96. The van der Waals surface area contributed by atoms with Crippen molar-refractivity contribution in [2.75, 3.05) is 6.54 Å². The van der Waals surface area contributed by atoms with E-state index < -0.39 is 0 Å². The lowest BCUT2D eigenvalue weighted by Gasteiger charge is -2.11. The average molecular weight is 155 g/mol. The Morgan fingerprint density at radius 1 is 1.33 bits per heavy atom. The topological polar surface area (TPSA) is 12.0 Å². The molecule has 12 heavy (non-hydrogen) atoms. The predicted molar refractivity (Wildman–Crippen MR) is 49.5 cm³/mol. The molecule has 0 spiro atoms. The van der Waals surface area contributed by atoms with Gasteiger partial charge in [-0.3, -0.25) is 0 Å². The summed E-state index contributed by atoms with van der Waals surface area (Å²) in [5, 5.41) is 3.26. The molecule has 2 rings (SSSR count). The second kappa shape index (κ2) is 3.15. The van der Waals surface area contributed by atoms with Crippen molar-refractivity contribution in [3.63, 3.8) is 0 Å². The lowest BCUT2D eigenvalue weighted by molar-refractivity contribution is 0.909. The predicted octanol–water partition coefficient (Wildman–Crippen LogP) is 1.84. The summed E-state index contributed by atoms with van der Waals surface area (Å²) in [4.78, 5) is 0. The van der Waals surface area contributed by atoms with Crippen LogP contribution in [-0.2, 0) is 0 Å². The minimum atomic E-state index is 0.897. The van der Waals surface area contributed by atoms with E-state index in [0.717, 1.165) is 17.8 Å². The van der Waals surface area contributed by atoms with Crippen LogP contribution in [0.2, 0.25) is 0 Å². The molecule has 0 aromatic carbocycles. The van der Waals surface area contributed by atoms with Gasteiger partial charge in [0, 0.05) is 12.1 Å². The molecule has 58 valence electrons. The third-order valence-electron chi connectivity index (χ3n) is 1.75. The second-order valence-corrected chi connectivity index (χ2v) is 2.60. The summed E-state index contributed by atoms with van der Waals surface area (Å²) in [6.45, 7) is 0.897. The molecular formula is C11H9N. The summed E-state index contributed by atoms with van der Waals surface area (Å²) in [5.41, 5.74) is 8.17. The second-order valence-electron chi connectivity index (χ2n) is 2.60. The number of nitrogens with one attached hydrogen (secondary N) is 1. The minimum Gasteiger partial charge on any atom is -0.381 e. The third kappa shape index (κ3) is 1.33. The van der Waals surface area contributed by atoms with Crippen LogP contribution < -0.4 is 5.32 Å². The van der Waals surface area contributed by atoms with Crippen molar-refractivity contribution in [3.05, 3.63) is 59.2 Å². The summed E-state index contributed by atoms with van der Waals surface area (Å²) in [6, 6.07) is 0. The van der Waals surface area contributed by atoms with Crippen molar-refractivity contribution in [1.29, 1.82) is 0 Å². The molecule has 0 saturated heterocycles. The maximum atomic E-state index is 3.26. The molecule has 1 aliphatic heterocycles. The van der Waals surface area contributed by atoms with Gasteiger partial charge in [0.05, 0.1) is 5.70 Å². The molecule has 1 N–H and O–H groups in total. The van der Waals surface area contributed by atoms with Gasteiger partial charge in [-0.05, 0) is 18.2 Å². The summed E-state index contributed by atoms with van der Waals surface area (Å²) < 4.78 is 0. The van der Waals surface area contributed by atoms with Gasteiger partial charge in [0.1, 0.15) is 0 Å². The van der Waals surface area contributed by atoms with E-state index in [4.69, 9.17) is 0 Å². The molecule has 0 fully saturated rings. The van der Waals surface area contributed by atoms with Gasteiger partial charge in [0.25, 0.3) is 0 Å². The Bertz CT molecular complexity index is 368. The molecule has 1 aliphatic carbocycles. The fourth-order valence-electron chi connectivity index (χ4n) is 1.16. The van der Waals surface area contributed by atoms with E-state index in [-0.39, 0.29) is 0 Å². The number of allylic oxidation sites excluding steroid dienone is 5. The van der Waals surface area contributed by atoms with Crippen molar-refractivity contribution < 1.29 is 0 Å². The van der Waals surface area contributed by atoms with Gasteiger partial charge in [-0.1, -0.05) is 29.7 Å². The first-order chi connectivity index (χ1) is 5.97. The zero-order chi connectivity index (χ0) is 8.23. The highest BCUT2D eigenvalue weighted by molar-refractivity contribution is 5.43. The number of hydrogen-bond donors (Lipinski definition) is 1. The average Bonchev–Trinajstić information content (AvgIpc) is 2.21. The van der Waals surface area contributed by atoms with Crippen LogP contribution in [0.4, 0.5) is 0 Å². The van der Waals surface area contributed by atoms with Crippen LogP contribution in [0.15, 0.2) is 59.2 Å². The SMILES string of the molecule is C1=C=C(C2=CC=CCN2)C=CC=1. The van der Waals surface area contributed by atoms with Crippen LogP contribution in [0.1, 0.15) is 0 Å². The quantitative estimate of drug-likeness (QED) is 0.570. The Labute approximate surface area is 71.8 Å². The summed E-state index contributed by atoms with van der Waals surface area (Å²) in [6.07, 6.45) is 12.0. The summed E-state index contributed by atoms with van der Waals surface area (Å²) >= 11 is 0. The summed E-state index contributed by atoms with van der Waals surface area (Å²) in [7, 11) is 0. The Kier molecular flexibility index (Phi) is 1.83. The highest BCUT2D eigenvalue weighted by Gasteiger charge is 2.01.